The van der Waals surface area contributed by atoms with E-state index in [0.29, 0.717) is 30.0 Å². The van der Waals surface area contributed by atoms with Crippen LogP contribution in [0.2, 0.25) is 0 Å². The van der Waals surface area contributed by atoms with Crippen molar-refractivity contribution in [3.05, 3.63) is 65.5 Å². The molecule has 6 heteroatoms. The van der Waals surface area contributed by atoms with Crippen molar-refractivity contribution in [2.45, 2.75) is 72.1 Å². The molecule has 0 unspecified atom stereocenters. The number of carbonyl (C=O) groups excluding carboxylic acids is 2. The van der Waals surface area contributed by atoms with Gasteiger partial charge in [-0.3, -0.25) is 9.59 Å². The van der Waals surface area contributed by atoms with Crippen LogP contribution in [-0.4, -0.2) is 47.7 Å². The predicted octanol–water partition coefficient (Wildman–Crippen LogP) is 6.75. The number of anilines is 1. The van der Waals surface area contributed by atoms with Crippen LogP contribution in [0.3, 0.4) is 0 Å². The van der Waals surface area contributed by atoms with Gasteiger partial charge in [-0.15, -0.1) is 0 Å². The van der Waals surface area contributed by atoms with Crippen LogP contribution in [0.4, 0.5) is 5.69 Å². The molecule has 0 saturated heterocycles. The molecule has 1 amide bonds. The van der Waals surface area contributed by atoms with Crippen LogP contribution < -0.4 is 10.1 Å². The summed E-state index contributed by atoms with van der Waals surface area (Å²) in [7, 11) is 0. The molecule has 37 heavy (non-hydrogen) atoms. The maximum Gasteiger partial charge on any atom is 0.211 e. The molecule has 0 atom stereocenters. The smallest absolute Gasteiger partial charge is 0.211 e. The Bertz CT molecular complexity index is 1110. The van der Waals surface area contributed by atoms with Crippen LogP contribution in [0.25, 0.3) is 5.52 Å². The lowest BCUT2D eigenvalue weighted by atomic mass is 10.0. The second-order valence-electron chi connectivity index (χ2n) is 9.70. The quantitative estimate of drug-likeness (QED) is 0.118. The molecule has 0 bridgehead atoms. The van der Waals surface area contributed by atoms with E-state index in [-0.39, 0.29) is 5.78 Å². The minimum absolute atomic E-state index is 0.00348. The molecule has 0 aliphatic heterocycles. The lowest BCUT2D eigenvalue weighted by molar-refractivity contribution is -0.105. The summed E-state index contributed by atoms with van der Waals surface area (Å²) in [5, 5.41) is 2.69. The Morgan fingerprint density at radius 3 is 2.24 bits per heavy atom. The number of rotatable bonds is 18. The van der Waals surface area contributed by atoms with Gasteiger partial charge >= 0.3 is 0 Å². The monoisotopic (exact) mass is 505 g/mol. The lowest BCUT2D eigenvalue weighted by Gasteiger charge is -2.21. The molecule has 0 aliphatic rings. The predicted molar refractivity (Wildman–Crippen MR) is 152 cm³/mol. The fraction of sp³-hybridized carbons (Fsp3) is 0.484. The number of carbonyl (C=O) groups is 2. The Morgan fingerprint density at radius 1 is 0.919 bits per heavy atom. The summed E-state index contributed by atoms with van der Waals surface area (Å²) in [6, 6.07) is 13.3. The Hall–Kier alpha value is -3.12. The molecular weight excluding hydrogens is 462 g/mol. The van der Waals surface area contributed by atoms with E-state index in [2.05, 4.69) is 37.1 Å². The first kappa shape index (κ1) is 28.5. The second-order valence-corrected chi connectivity index (χ2v) is 9.70. The molecule has 0 aliphatic carbocycles. The SMILES string of the molecule is CCCCc1cc2cc(NC=O)ccn2c1C(=O)c1ccc(OCCCN(CCCC)CCCC)cc1. The molecule has 2 aromatic heterocycles. The fourth-order valence-electron chi connectivity index (χ4n) is 4.62. The van der Waals surface area contributed by atoms with Gasteiger partial charge in [0.1, 0.15) is 5.75 Å². The number of aryl methyl sites for hydroxylation is 1. The van der Waals surface area contributed by atoms with Crippen LogP contribution in [-0.2, 0) is 11.2 Å². The van der Waals surface area contributed by atoms with Crippen LogP contribution in [0.1, 0.15) is 87.3 Å². The van der Waals surface area contributed by atoms with Gasteiger partial charge in [-0.2, -0.15) is 0 Å². The summed E-state index contributed by atoms with van der Waals surface area (Å²) >= 11 is 0. The third-order valence-electron chi connectivity index (χ3n) is 6.75. The molecule has 3 rings (SSSR count). The van der Waals surface area contributed by atoms with Gasteiger partial charge in [0.15, 0.2) is 0 Å². The molecule has 1 aromatic carbocycles. The number of nitrogens with zero attached hydrogens (tertiary/aromatic N) is 2. The molecular formula is C31H43N3O3. The number of hydrogen-bond donors (Lipinski definition) is 1. The van der Waals surface area contributed by atoms with E-state index in [1.807, 2.05) is 47.0 Å². The van der Waals surface area contributed by atoms with Crippen molar-refractivity contribution in [2.75, 3.05) is 31.6 Å². The summed E-state index contributed by atoms with van der Waals surface area (Å²) in [4.78, 5) is 27.0. The largest absolute Gasteiger partial charge is 0.494 e. The topological polar surface area (TPSA) is 63.1 Å². The van der Waals surface area contributed by atoms with Gasteiger partial charge in [0.05, 0.1) is 12.3 Å². The molecule has 6 nitrogen and oxygen atoms in total. The normalized spacial score (nSPS) is 11.2. The highest BCUT2D eigenvalue weighted by molar-refractivity contribution is 6.09. The van der Waals surface area contributed by atoms with Gasteiger partial charge in [0.2, 0.25) is 12.2 Å². The molecule has 0 saturated carbocycles. The van der Waals surface area contributed by atoms with E-state index in [9.17, 15) is 9.59 Å². The van der Waals surface area contributed by atoms with Crippen molar-refractivity contribution < 1.29 is 14.3 Å². The Kier molecular flexibility index (Phi) is 11.7. The average Bonchev–Trinajstić information content (AvgIpc) is 3.28. The zero-order valence-electron chi connectivity index (χ0n) is 22.8. The first-order valence-corrected chi connectivity index (χ1v) is 13.9. The maximum absolute atomic E-state index is 13.6. The van der Waals surface area contributed by atoms with Crippen LogP contribution in [0.15, 0.2) is 48.7 Å². The van der Waals surface area contributed by atoms with Crippen molar-refractivity contribution in [1.29, 1.82) is 0 Å². The number of unbranched alkanes of at least 4 members (excludes halogenated alkanes) is 3. The molecule has 0 fully saturated rings. The standard InChI is InChI=1S/C31H43N3O3/c1-4-7-11-26-22-28-23-27(32-24-35)16-20-34(28)30(26)31(36)25-12-14-29(15-13-25)37-21-10-19-33(17-8-5-2)18-9-6-3/h12-16,20,22-24H,4-11,17-19,21H2,1-3H3,(H,32,35). The Balaban J connectivity index is 1.66. The van der Waals surface area contributed by atoms with E-state index >= 15 is 0 Å². The minimum atomic E-state index is -0.00348. The molecule has 2 heterocycles. The van der Waals surface area contributed by atoms with Crippen LogP contribution >= 0.6 is 0 Å². The molecule has 1 N–H and O–H groups in total. The molecule has 0 radical (unpaired) electrons. The Labute approximate surface area is 222 Å². The number of aromatic nitrogens is 1. The average molecular weight is 506 g/mol. The van der Waals surface area contributed by atoms with Crippen molar-refractivity contribution in [2.24, 2.45) is 0 Å². The van der Waals surface area contributed by atoms with Crippen molar-refractivity contribution in [3.63, 3.8) is 0 Å². The van der Waals surface area contributed by atoms with Crippen LogP contribution in [0, 0.1) is 0 Å². The van der Waals surface area contributed by atoms with Gasteiger partial charge in [-0.25, -0.2) is 0 Å². The first-order chi connectivity index (χ1) is 18.1. The van der Waals surface area contributed by atoms with Crippen molar-refractivity contribution in [3.8, 4) is 5.75 Å². The second kappa shape index (κ2) is 15.2. The van der Waals surface area contributed by atoms with E-state index in [4.69, 9.17) is 4.74 Å². The number of amides is 1. The van der Waals surface area contributed by atoms with Gasteiger partial charge in [-0.05, 0) is 93.2 Å². The maximum atomic E-state index is 13.6. The third kappa shape index (κ3) is 8.19. The highest BCUT2D eigenvalue weighted by Gasteiger charge is 2.19. The third-order valence-corrected chi connectivity index (χ3v) is 6.75. The van der Waals surface area contributed by atoms with E-state index < -0.39 is 0 Å². The minimum Gasteiger partial charge on any atom is -0.494 e. The van der Waals surface area contributed by atoms with Gasteiger partial charge in [-0.1, -0.05) is 40.0 Å². The van der Waals surface area contributed by atoms with Gasteiger partial charge in [0, 0.05) is 29.5 Å². The summed E-state index contributed by atoms with van der Waals surface area (Å²) < 4.78 is 7.92. The number of ether oxygens (including phenoxy) is 1. The number of hydrogen-bond acceptors (Lipinski definition) is 4. The van der Waals surface area contributed by atoms with Crippen molar-refractivity contribution >= 4 is 23.4 Å². The summed E-state index contributed by atoms with van der Waals surface area (Å²) in [5.74, 6) is 0.789. The van der Waals surface area contributed by atoms with Crippen molar-refractivity contribution in [1.82, 2.24) is 9.30 Å². The summed E-state index contributed by atoms with van der Waals surface area (Å²) in [6.45, 7) is 10.7. The zero-order valence-corrected chi connectivity index (χ0v) is 22.8. The lowest BCUT2D eigenvalue weighted by Crippen LogP contribution is -2.28. The van der Waals surface area contributed by atoms with E-state index in [1.165, 1.54) is 25.7 Å². The number of nitrogens with one attached hydrogen (secondary N) is 1. The molecule has 200 valence electrons. The van der Waals surface area contributed by atoms with Crippen LogP contribution in [0.5, 0.6) is 5.75 Å². The summed E-state index contributed by atoms with van der Waals surface area (Å²) in [6.07, 6.45) is 11.3. The number of fused-ring (bicyclic) bond motifs is 1. The van der Waals surface area contributed by atoms with Gasteiger partial charge < -0.3 is 19.4 Å². The molecule has 0 spiro atoms. The number of benzene rings is 1. The number of pyridine rings is 1. The number of ketones is 1. The zero-order chi connectivity index (χ0) is 26.5. The highest BCUT2D eigenvalue weighted by atomic mass is 16.5. The molecule has 3 aromatic rings. The fourth-order valence-corrected chi connectivity index (χ4v) is 4.62. The van der Waals surface area contributed by atoms with E-state index in [0.717, 1.165) is 62.1 Å². The van der Waals surface area contributed by atoms with E-state index in [1.54, 1.807) is 0 Å². The first-order valence-electron chi connectivity index (χ1n) is 13.9. The van der Waals surface area contributed by atoms with Gasteiger partial charge in [0.25, 0.3) is 0 Å². The Morgan fingerprint density at radius 2 is 1.59 bits per heavy atom. The highest BCUT2D eigenvalue weighted by Crippen LogP contribution is 2.25. The summed E-state index contributed by atoms with van der Waals surface area (Å²) in [5.41, 5.74) is 3.97.